The lowest BCUT2D eigenvalue weighted by molar-refractivity contribution is -0.385. The fourth-order valence-electron chi connectivity index (χ4n) is 1.13. The predicted molar refractivity (Wildman–Crippen MR) is 65.2 cm³/mol. The number of nitro benzene ring substituents is 1. The van der Waals surface area contributed by atoms with Crippen molar-refractivity contribution in [2.75, 3.05) is 0 Å². The van der Waals surface area contributed by atoms with E-state index in [1.165, 1.54) is 6.07 Å². The van der Waals surface area contributed by atoms with Crippen molar-refractivity contribution in [2.45, 2.75) is 0 Å². The van der Waals surface area contributed by atoms with Crippen LogP contribution in [-0.2, 0) is 4.79 Å². The van der Waals surface area contributed by atoms with Crippen molar-refractivity contribution in [2.24, 2.45) is 5.73 Å². The van der Waals surface area contributed by atoms with Crippen LogP contribution in [0, 0.1) is 21.4 Å². The summed E-state index contributed by atoms with van der Waals surface area (Å²) in [5.74, 6) is -1.31. The maximum Gasteiger partial charge on any atom is 0.271 e. The van der Waals surface area contributed by atoms with Gasteiger partial charge in [0.2, 0.25) is 0 Å². The van der Waals surface area contributed by atoms with Crippen molar-refractivity contribution < 1.29 is 14.8 Å². The highest BCUT2D eigenvalue weighted by Crippen LogP contribution is 2.33. The molecule has 0 fully saturated rings. The standard InChI is InChI=1S/C10H6BrN3O4/c11-8-3-7(14(17)18)2-5(9(8)15)1-6(4-12)10(13)16/h1-3,15H,(H2,13,16)/b6-1+. The van der Waals surface area contributed by atoms with E-state index in [1.807, 2.05) is 0 Å². The Hall–Kier alpha value is -2.40. The van der Waals surface area contributed by atoms with Gasteiger partial charge in [0.15, 0.2) is 0 Å². The zero-order valence-corrected chi connectivity index (χ0v) is 10.3. The highest BCUT2D eigenvalue weighted by Gasteiger charge is 2.15. The van der Waals surface area contributed by atoms with Gasteiger partial charge in [0.1, 0.15) is 17.4 Å². The Balaban J connectivity index is 3.46. The van der Waals surface area contributed by atoms with Crippen LogP contribution in [0.15, 0.2) is 22.2 Å². The number of hydrogen-bond donors (Lipinski definition) is 2. The number of carbonyl (C=O) groups is 1. The maximum atomic E-state index is 10.9. The van der Waals surface area contributed by atoms with Crippen LogP contribution in [0.2, 0.25) is 0 Å². The Morgan fingerprint density at radius 3 is 2.67 bits per heavy atom. The van der Waals surface area contributed by atoms with Gasteiger partial charge >= 0.3 is 0 Å². The minimum Gasteiger partial charge on any atom is -0.506 e. The summed E-state index contributed by atoms with van der Waals surface area (Å²) in [7, 11) is 0. The molecule has 0 atom stereocenters. The maximum absolute atomic E-state index is 10.9. The molecule has 0 bridgehead atoms. The number of phenolic OH excluding ortho intramolecular Hbond substituents is 1. The molecule has 0 unspecified atom stereocenters. The van der Waals surface area contributed by atoms with E-state index in [-0.39, 0.29) is 21.5 Å². The van der Waals surface area contributed by atoms with Crippen molar-refractivity contribution in [3.05, 3.63) is 37.9 Å². The molecule has 18 heavy (non-hydrogen) atoms. The van der Waals surface area contributed by atoms with Crippen molar-refractivity contribution in [3.8, 4) is 11.8 Å². The number of amides is 1. The second kappa shape index (κ2) is 5.29. The molecule has 8 heteroatoms. The summed E-state index contributed by atoms with van der Waals surface area (Å²) in [5.41, 5.74) is 4.16. The topological polar surface area (TPSA) is 130 Å². The molecule has 1 aromatic carbocycles. The van der Waals surface area contributed by atoms with Crippen molar-refractivity contribution in [1.82, 2.24) is 0 Å². The molecular formula is C10H6BrN3O4. The van der Waals surface area contributed by atoms with Crippen molar-refractivity contribution >= 4 is 33.6 Å². The number of carbonyl (C=O) groups excluding carboxylic acids is 1. The number of halogens is 1. The number of primary amides is 1. The number of hydrogen-bond acceptors (Lipinski definition) is 5. The number of nitro groups is 1. The Labute approximate surface area is 109 Å². The van der Waals surface area contributed by atoms with Gasteiger partial charge in [0, 0.05) is 17.7 Å². The van der Waals surface area contributed by atoms with Crippen molar-refractivity contribution in [1.29, 1.82) is 5.26 Å². The lowest BCUT2D eigenvalue weighted by Gasteiger charge is -2.02. The molecule has 0 saturated heterocycles. The van der Waals surface area contributed by atoms with Crippen LogP contribution in [0.3, 0.4) is 0 Å². The first kappa shape index (κ1) is 13.7. The molecule has 1 amide bonds. The first-order valence-corrected chi connectivity index (χ1v) is 5.24. The van der Waals surface area contributed by atoms with E-state index in [4.69, 9.17) is 11.0 Å². The monoisotopic (exact) mass is 311 g/mol. The summed E-state index contributed by atoms with van der Waals surface area (Å²) >= 11 is 2.93. The number of phenols is 1. The Morgan fingerprint density at radius 1 is 1.61 bits per heavy atom. The Morgan fingerprint density at radius 2 is 2.22 bits per heavy atom. The van der Waals surface area contributed by atoms with Gasteiger partial charge in [-0.05, 0) is 22.0 Å². The largest absolute Gasteiger partial charge is 0.506 e. The van der Waals surface area contributed by atoms with E-state index in [2.05, 4.69) is 15.9 Å². The fourth-order valence-corrected chi connectivity index (χ4v) is 1.60. The third-order valence-corrected chi connectivity index (χ3v) is 2.58. The van der Waals surface area contributed by atoms with Crippen LogP contribution in [0.4, 0.5) is 5.69 Å². The molecule has 0 aliphatic heterocycles. The molecule has 92 valence electrons. The van der Waals surface area contributed by atoms with E-state index in [0.717, 1.165) is 18.2 Å². The Bertz CT molecular complexity index is 604. The van der Waals surface area contributed by atoms with E-state index >= 15 is 0 Å². The Kier molecular flexibility index (Phi) is 4.01. The summed E-state index contributed by atoms with van der Waals surface area (Å²) in [5, 5.41) is 28.9. The van der Waals surface area contributed by atoms with Gasteiger partial charge < -0.3 is 10.8 Å². The third kappa shape index (κ3) is 2.83. The van der Waals surface area contributed by atoms with Gasteiger partial charge in [0.25, 0.3) is 11.6 Å². The van der Waals surface area contributed by atoms with Gasteiger partial charge in [-0.1, -0.05) is 0 Å². The number of rotatable bonds is 3. The number of nitriles is 1. The quantitative estimate of drug-likeness (QED) is 0.377. The van der Waals surface area contributed by atoms with E-state index in [0.29, 0.717) is 0 Å². The second-order valence-electron chi connectivity index (χ2n) is 3.16. The van der Waals surface area contributed by atoms with Crippen LogP contribution in [0.25, 0.3) is 6.08 Å². The summed E-state index contributed by atoms with van der Waals surface area (Å²) in [6, 6.07) is 3.66. The van der Waals surface area contributed by atoms with Crippen LogP contribution < -0.4 is 5.73 Å². The molecule has 0 saturated carbocycles. The number of non-ortho nitro benzene ring substituents is 1. The molecule has 0 aliphatic carbocycles. The predicted octanol–water partition coefficient (Wildman–Crippen LogP) is 1.46. The molecule has 1 rings (SSSR count). The number of aromatic hydroxyl groups is 1. The molecule has 1 aromatic rings. The number of nitrogens with zero attached hydrogens (tertiary/aromatic N) is 2. The zero-order chi connectivity index (χ0) is 13.9. The van der Waals surface area contributed by atoms with E-state index in [1.54, 1.807) is 0 Å². The molecule has 0 heterocycles. The van der Waals surface area contributed by atoms with Crippen molar-refractivity contribution in [3.63, 3.8) is 0 Å². The van der Waals surface area contributed by atoms with E-state index < -0.39 is 16.4 Å². The van der Waals surface area contributed by atoms with Crippen LogP contribution in [0.5, 0.6) is 5.75 Å². The van der Waals surface area contributed by atoms with Gasteiger partial charge in [-0.3, -0.25) is 14.9 Å². The average Bonchev–Trinajstić information content (AvgIpc) is 2.30. The van der Waals surface area contributed by atoms with Gasteiger partial charge in [-0.2, -0.15) is 5.26 Å². The summed E-state index contributed by atoms with van der Waals surface area (Å²) < 4.78 is 0.0738. The lowest BCUT2D eigenvalue weighted by atomic mass is 10.1. The van der Waals surface area contributed by atoms with E-state index in [9.17, 15) is 20.0 Å². The SMILES string of the molecule is N#C/C(=C\c1cc([N+](=O)[O-])cc(Br)c1O)C(N)=O. The first-order chi connectivity index (χ1) is 8.36. The summed E-state index contributed by atoms with van der Waals surface area (Å²) in [4.78, 5) is 20.8. The molecule has 0 aromatic heterocycles. The molecular weight excluding hydrogens is 306 g/mol. The molecule has 7 nitrogen and oxygen atoms in total. The van der Waals surface area contributed by atoms with Crippen LogP contribution >= 0.6 is 15.9 Å². The molecule has 0 radical (unpaired) electrons. The minimum absolute atomic E-state index is 0.0496. The first-order valence-electron chi connectivity index (χ1n) is 4.45. The minimum atomic E-state index is -0.987. The van der Waals surface area contributed by atoms with Crippen LogP contribution in [-0.4, -0.2) is 15.9 Å². The van der Waals surface area contributed by atoms with Gasteiger partial charge in [0.05, 0.1) is 9.40 Å². The second-order valence-corrected chi connectivity index (χ2v) is 4.01. The molecule has 0 aliphatic rings. The third-order valence-electron chi connectivity index (χ3n) is 1.97. The fraction of sp³-hybridized carbons (Fsp3) is 0. The highest BCUT2D eigenvalue weighted by atomic mass is 79.9. The molecule has 0 spiro atoms. The highest BCUT2D eigenvalue weighted by molar-refractivity contribution is 9.10. The zero-order valence-electron chi connectivity index (χ0n) is 8.75. The number of nitrogens with two attached hydrogens (primary N) is 1. The van der Waals surface area contributed by atoms with Crippen LogP contribution in [0.1, 0.15) is 5.56 Å². The lowest BCUT2D eigenvalue weighted by Crippen LogP contribution is -2.12. The summed E-state index contributed by atoms with van der Waals surface area (Å²) in [6.07, 6.45) is 0.982. The summed E-state index contributed by atoms with van der Waals surface area (Å²) in [6.45, 7) is 0. The normalized spacial score (nSPS) is 10.8. The molecule has 3 N–H and O–H groups in total. The number of benzene rings is 1. The average molecular weight is 312 g/mol. The van der Waals surface area contributed by atoms with Gasteiger partial charge in [-0.15, -0.1) is 0 Å². The smallest absolute Gasteiger partial charge is 0.271 e. The van der Waals surface area contributed by atoms with Gasteiger partial charge in [-0.25, -0.2) is 0 Å².